The van der Waals surface area contributed by atoms with E-state index in [1.54, 1.807) is 29.6 Å². The Morgan fingerprint density at radius 2 is 2.10 bits per heavy atom. The molecule has 0 aliphatic carbocycles. The molecule has 1 saturated heterocycles. The number of nitrogens with zero attached hydrogens (tertiary/aromatic N) is 2. The number of thiazole rings is 1. The molecule has 2 aliphatic rings. The van der Waals surface area contributed by atoms with E-state index in [1.807, 2.05) is 29.2 Å². The number of aromatic nitrogens is 1. The third-order valence-electron chi connectivity index (χ3n) is 5.17. The van der Waals surface area contributed by atoms with Crippen LogP contribution >= 0.6 is 22.9 Å². The predicted octanol–water partition coefficient (Wildman–Crippen LogP) is 5.10. The van der Waals surface area contributed by atoms with Crippen LogP contribution in [0, 0.1) is 0 Å². The Kier molecular flexibility index (Phi) is 4.89. The molecule has 2 aliphatic heterocycles. The van der Waals surface area contributed by atoms with Gasteiger partial charge in [-0.1, -0.05) is 23.7 Å². The number of likely N-dealkylation sites (tertiary alicyclic amines) is 1. The van der Waals surface area contributed by atoms with Crippen molar-refractivity contribution in [2.45, 2.75) is 18.9 Å². The molecule has 0 N–H and O–H groups in total. The fourth-order valence-corrected chi connectivity index (χ4v) is 5.20. The molecule has 0 radical (unpaired) electrons. The zero-order valence-corrected chi connectivity index (χ0v) is 17.2. The molecule has 1 amide bonds. The molecule has 5 rings (SSSR count). The molecule has 0 bridgehead atoms. The number of carbonyl (C=O) groups is 1. The molecule has 0 spiro atoms. The van der Waals surface area contributed by atoms with Gasteiger partial charge in [-0.15, -0.1) is 11.3 Å². The molecule has 3 aromatic rings. The number of para-hydroxylation sites is 1. The molecular formula is C22H19ClN2O3S. The monoisotopic (exact) mass is 426 g/mol. The minimum atomic E-state index is -0.0160. The second kappa shape index (κ2) is 7.69. The van der Waals surface area contributed by atoms with Gasteiger partial charge in [-0.05, 0) is 48.7 Å². The summed E-state index contributed by atoms with van der Waals surface area (Å²) in [4.78, 5) is 19.6. The highest BCUT2D eigenvalue weighted by molar-refractivity contribution is 7.18. The van der Waals surface area contributed by atoms with Crippen LogP contribution in [0.4, 0.5) is 0 Å². The number of fused-ring (bicyclic) bond motifs is 2. The SMILES string of the molecule is O=C(C=Cc1cc(Cl)c2c(c1)OCCO2)N1CCCC1c1nc2ccccc2s1. The molecule has 7 heteroatoms. The van der Waals surface area contributed by atoms with Crippen molar-refractivity contribution in [3.63, 3.8) is 0 Å². The number of amides is 1. The average Bonchev–Trinajstić information content (AvgIpc) is 3.38. The Morgan fingerprint density at radius 1 is 1.24 bits per heavy atom. The van der Waals surface area contributed by atoms with Gasteiger partial charge in [0, 0.05) is 12.6 Å². The van der Waals surface area contributed by atoms with Crippen molar-refractivity contribution in [3.8, 4) is 11.5 Å². The number of hydrogen-bond acceptors (Lipinski definition) is 5. The van der Waals surface area contributed by atoms with Crippen LogP contribution in [0.5, 0.6) is 11.5 Å². The first-order chi connectivity index (χ1) is 14.2. The van der Waals surface area contributed by atoms with Crippen LogP contribution in [0.3, 0.4) is 0 Å². The van der Waals surface area contributed by atoms with E-state index in [-0.39, 0.29) is 11.9 Å². The van der Waals surface area contributed by atoms with Crippen molar-refractivity contribution >= 4 is 45.1 Å². The Hall–Kier alpha value is -2.57. The standard InChI is InChI=1S/C22H19ClN2O3S/c23-15-12-14(13-18-21(15)28-11-10-27-18)7-8-20(26)25-9-3-5-17(25)22-24-16-4-1-2-6-19(16)29-22/h1-2,4,6-8,12-13,17H,3,5,9-11H2. The maximum absolute atomic E-state index is 12.9. The summed E-state index contributed by atoms with van der Waals surface area (Å²) in [6.07, 6.45) is 5.30. The Labute approximate surface area is 177 Å². The molecule has 2 aromatic carbocycles. The van der Waals surface area contributed by atoms with E-state index in [2.05, 4.69) is 6.07 Å². The summed E-state index contributed by atoms with van der Waals surface area (Å²) in [7, 11) is 0. The van der Waals surface area contributed by atoms with Gasteiger partial charge in [0.15, 0.2) is 11.5 Å². The first-order valence-electron chi connectivity index (χ1n) is 9.62. The number of hydrogen-bond donors (Lipinski definition) is 0. The zero-order valence-electron chi connectivity index (χ0n) is 15.6. The number of halogens is 1. The van der Waals surface area contributed by atoms with E-state index >= 15 is 0 Å². The van der Waals surface area contributed by atoms with Crippen LogP contribution in [-0.2, 0) is 4.79 Å². The maximum Gasteiger partial charge on any atom is 0.247 e. The Bertz CT molecular complexity index is 1080. The number of benzene rings is 2. The van der Waals surface area contributed by atoms with Crippen LogP contribution in [0.2, 0.25) is 5.02 Å². The first-order valence-corrected chi connectivity index (χ1v) is 10.8. The van der Waals surface area contributed by atoms with Crippen LogP contribution in [0.15, 0.2) is 42.5 Å². The summed E-state index contributed by atoms with van der Waals surface area (Å²) in [5.74, 6) is 1.17. The summed E-state index contributed by atoms with van der Waals surface area (Å²) in [5.41, 5.74) is 1.80. The summed E-state index contributed by atoms with van der Waals surface area (Å²) in [6.45, 7) is 1.72. The highest BCUT2D eigenvalue weighted by atomic mass is 35.5. The lowest BCUT2D eigenvalue weighted by Crippen LogP contribution is -2.28. The molecule has 1 fully saturated rings. The van der Waals surface area contributed by atoms with Gasteiger partial charge in [-0.25, -0.2) is 4.98 Å². The summed E-state index contributed by atoms with van der Waals surface area (Å²) >= 11 is 7.96. The fraction of sp³-hybridized carbons (Fsp3) is 0.273. The van der Waals surface area contributed by atoms with Gasteiger partial charge in [-0.2, -0.15) is 0 Å². The normalized spacial score (nSPS) is 18.7. The summed E-state index contributed by atoms with van der Waals surface area (Å²) in [6, 6.07) is 11.8. The van der Waals surface area contributed by atoms with Gasteiger partial charge in [-0.3, -0.25) is 4.79 Å². The van der Waals surface area contributed by atoms with Crippen LogP contribution in [0.25, 0.3) is 16.3 Å². The predicted molar refractivity (Wildman–Crippen MR) is 115 cm³/mol. The molecule has 0 saturated carbocycles. The molecule has 29 heavy (non-hydrogen) atoms. The topological polar surface area (TPSA) is 51.7 Å². The Balaban J connectivity index is 1.36. The second-order valence-corrected chi connectivity index (χ2v) is 8.54. The second-order valence-electron chi connectivity index (χ2n) is 7.07. The smallest absolute Gasteiger partial charge is 0.247 e. The lowest BCUT2D eigenvalue weighted by atomic mass is 10.1. The molecule has 1 atom stereocenters. The van der Waals surface area contributed by atoms with Crippen LogP contribution in [-0.4, -0.2) is 35.5 Å². The van der Waals surface area contributed by atoms with Crippen molar-refractivity contribution in [2.24, 2.45) is 0 Å². The number of ether oxygens (including phenoxy) is 2. The molecule has 5 nitrogen and oxygen atoms in total. The third kappa shape index (κ3) is 3.58. The van der Waals surface area contributed by atoms with E-state index in [0.29, 0.717) is 29.7 Å². The Morgan fingerprint density at radius 3 is 3.00 bits per heavy atom. The summed E-state index contributed by atoms with van der Waals surface area (Å²) < 4.78 is 12.3. The summed E-state index contributed by atoms with van der Waals surface area (Å²) in [5, 5.41) is 1.50. The quantitative estimate of drug-likeness (QED) is 0.547. The van der Waals surface area contributed by atoms with Crippen molar-refractivity contribution in [3.05, 3.63) is 58.1 Å². The number of carbonyl (C=O) groups excluding carboxylic acids is 1. The fourth-order valence-electron chi connectivity index (χ4n) is 3.81. The lowest BCUT2D eigenvalue weighted by Gasteiger charge is -2.21. The molecule has 1 unspecified atom stereocenters. The minimum absolute atomic E-state index is 0.0160. The van der Waals surface area contributed by atoms with Crippen molar-refractivity contribution in [1.82, 2.24) is 9.88 Å². The zero-order chi connectivity index (χ0) is 19.8. The van der Waals surface area contributed by atoms with Gasteiger partial charge in [0.1, 0.15) is 18.2 Å². The first kappa shape index (κ1) is 18.5. The van der Waals surface area contributed by atoms with E-state index in [0.717, 1.165) is 40.2 Å². The third-order valence-corrected chi connectivity index (χ3v) is 6.59. The lowest BCUT2D eigenvalue weighted by molar-refractivity contribution is -0.126. The van der Waals surface area contributed by atoms with Gasteiger partial charge < -0.3 is 14.4 Å². The molecular weight excluding hydrogens is 408 g/mol. The molecule has 1 aromatic heterocycles. The van der Waals surface area contributed by atoms with E-state index in [9.17, 15) is 4.79 Å². The van der Waals surface area contributed by atoms with E-state index < -0.39 is 0 Å². The van der Waals surface area contributed by atoms with Crippen molar-refractivity contribution in [1.29, 1.82) is 0 Å². The largest absolute Gasteiger partial charge is 0.486 e. The van der Waals surface area contributed by atoms with Gasteiger partial charge >= 0.3 is 0 Å². The van der Waals surface area contributed by atoms with E-state index in [1.165, 1.54) is 0 Å². The average molecular weight is 427 g/mol. The van der Waals surface area contributed by atoms with Crippen LogP contribution in [0.1, 0.15) is 29.5 Å². The van der Waals surface area contributed by atoms with Gasteiger partial charge in [0.2, 0.25) is 5.91 Å². The maximum atomic E-state index is 12.9. The highest BCUT2D eigenvalue weighted by Crippen LogP contribution is 2.39. The van der Waals surface area contributed by atoms with Crippen molar-refractivity contribution < 1.29 is 14.3 Å². The molecule has 3 heterocycles. The van der Waals surface area contributed by atoms with E-state index in [4.69, 9.17) is 26.1 Å². The van der Waals surface area contributed by atoms with Gasteiger partial charge in [0.05, 0.1) is 21.3 Å². The van der Waals surface area contributed by atoms with Crippen molar-refractivity contribution in [2.75, 3.05) is 19.8 Å². The number of rotatable bonds is 3. The molecule has 148 valence electrons. The van der Waals surface area contributed by atoms with Crippen LogP contribution < -0.4 is 9.47 Å². The highest BCUT2D eigenvalue weighted by Gasteiger charge is 2.31. The van der Waals surface area contributed by atoms with Gasteiger partial charge in [0.25, 0.3) is 0 Å². The minimum Gasteiger partial charge on any atom is -0.486 e.